The summed E-state index contributed by atoms with van der Waals surface area (Å²) in [4.78, 5) is 11.0. The molecule has 1 rings (SSSR count). The summed E-state index contributed by atoms with van der Waals surface area (Å²) in [5.41, 5.74) is 0. The third-order valence-electron chi connectivity index (χ3n) is 2.42. The maximum atomic E-state index is 12.0. The van der Waals surface area contributed by atoms with Crippen molar-refractivity contribution in [1.82, 2.24) is 14.5 Å². The van der Waals surface area contributed by atoms with Gasteiger partial charge in [-0.25, -0.2) is 16.8 Å². The molecule has 2 N–H and O–H groups in total. The highest BCUT2D eigenvalue weighted by atomic mass is 32.2. The highest BCUT2D eigenvalue weighted by Crippen LogP contribution is 2.08. The predicted octanol–water partition coefficient (Wildman–Crippen LogP) is -1.41. The number of carboxylic acid groups (broad SMARTS) is 1. The molecule has 0 aliphatic heterocycles. The molecule has 9 nitrogen and oxygen atoms in total. The van der Waals surface area contributed by atoms with Crippen LogP contribution in [0.15, 0.2) is 17.3 Å². The molecular formula is C9H15N3O6S2. The molecule has 0 aliphatic rings. The molecule has 0 spiro atoms. The molecule has 0 aliphatic carbocycles. The van der Waals surface area contributed by atoms with Gasteiger partial charge in [0.1, 0.15) is 15.9 Å². The van der Waals surface area contributed by atoms with Crippen molar-refractivity contribution < 1.29 is 26.7 Å². The fraction of sp³-hybridized carbons (Fsp3) is 0.556. The number of hydrogen-bond donors (Lipinski definition) is 2. The van der Waals surface area contributed by atoms with E-state index in [9.17, 15) is 21.6 Å². The van der Waals surface area contributed by atoms with E-state index < -0.39 is 37.6 Å². The van der Waals surface area contributed by atoms with Crippen molar-refractivity contribution in [1.29, 1.82) is 0 Å². The molecule has 114 valence electrons. The number of hydrogen-bond acceptors (Lipinski definition) is 6. The van der Waals surface area contributed by atoms with E-state index >= 15 is 0 Å². The van der Waals surface area contributed by atoms with Gasteiger partial charge in [0.2, 0.25) is 0 Å². The minimum atomic E-state index is -4.08. The molecule has 0 amide bonds. The van der Waals surface area contributed by atoms with Gasteiger partial charge in [0.05, 0.1) is 11.9 Å². The lowest BCUT2D eigenvalue weighted by Crippen LogP contribution is -2.42. The van der Waals surface area contributed by atoms with Crippen LogP contribution in [-0.4, -0.2) is 55.7 Å². The SMILES string of the molecule is Cn1nccc1S(=O)(=O)NC(CCS(C)(=O)=O)C(=O)O. The van der Waals surface area contributed by atoms with Crippen LogP contribution in [0.25, 0.3) is 0 Å². The average molecular weight is 325 g/mol. The van der Waals surface area contributed by atoms with Gasteiger partial charge in [-0.1, -0.05) is 0 Å². The van der Waals surface area contributed by atoms with Crippen molar-refractivity contribution in [3.8, 4) is 0 Å². The highest BCUT2D eigenvalue weighted by Gasteiger charge is 2.27. The molecule has 1 atom stereocenters. The molecule has 0 saturated carbocycles. The van der Waals surface area contributed by atoms with E-state index in [0.29, 0.717) is 0 Å². The Morgan fingerprint density at radius 1 is 1.45 bits per heavy atom. The minimum absolute atomic E-state index is 0.205. The van der Waals surface area contributed by atoms with E-state index in [2.05, 4.69) is 5.10 Å². The van der Waals surface area contributed by atoms with Crippen molar-refractivity contribution in [2.24, 2.45) is 7.05 Å². The number of nitrogens with one attached hydrogen (secondary N) is 1. The quantitative estimate of drug-likeness (QED) is 0.628. The zero-order valence-electron chi connectivity index (χ0n) is 10.8. The third-order valence-corrected chi connectivity index (χ3v) is 4.95. The Labute approximate surface area is 116 Å². The second kappa shape index (κ2) is 5.89. The largest absolute Gasteiger partial charge is 0.480 e. The van der Waals surface area contributed by atoms with Crippen LogP contribution in [0.3, 0.4) is 0 Å². The van der Waals surface area contributed by atoms with E-state index in [4.69, 9.17) is 5.11 Å². The van der Waals surface area contributed by atoms with Crippen LogP contribution in [0, 0.1) is 0 Å². The van der Waals surface area contributed by atoms with Gasteiger partial charge >= 0.3 is 5.97 Å². The van der Waals surface area contributed by atoms with E-state index in [0.717, 1.165) is 10.9 Å². The van der Waals surface area contributed by atoms with Crippen molar-refractivity contribution in [2.75, 3.05) is 12.0 Å². The van der Waals surface area contributed by atoms with Gasteiger partial charge in [0, 0.05) is 13.3 Å². The van der Waals surface area contributed by atoms with Gasteiger partial charge in [0.15, 0.2) is 5.03 Å². The first-order chi connectivity index (χ1) is 9.03. The monoisotopic (exact) mass is 325 g/mol. The molecule has 1 heterocycles. The summed E-state index contributed by atoms with van der Waals surface area (Å²) in [5, 5.41) is 12.4. The Bertz CT molecular complexity index is 691. The van der Waals surface area contributed by atoms with Crippen LogP contribution in [0.1, 0.15) is 6.42 Å². The topological polar surface area (TPSA) is 135 Å². The lowest BCUT2D eigenvalue weighted by molar-refractivity contribution is -0.139. The van der Waals surface area contributed by atoms with Gasteiger partial charge in [-0.2, -0.15) is 9.82 Å². The summed E-state index contributed by atoms with van der Waals surface area (Å²) in [6.07, 6.45) is 1.84. The van der Waals surface area contributed by atoms with E-state index in [-0.39, 0.29) is 11.4 Å². The van der Waals surface area contributed by atoms with E-state index in [1.165, 1.54) is 19.3 Å². The van der Waals surface area contributed by atoms with Crippen molar-refractivity contribution in [3.63, 3.8) is 0 Å². The highest BCUT2D eigenvalue weighted by molar-refractivity contribution is 7.90. The summed E-state index contributed by atoms with van der Waals surface area (Å²) >= 11 is 0. The number of aliphatic carboxylic acids is 1. The van der Waals surface area contributed by atoms with Crippen molar-refractivity contribution in [3.05, 3.63) is 12.3 Å². The summed E-state index contributed by atoms with van der Waals surface area (Å²) in [7, 11) is -6.08. The molecule has 0 radical (unpaired) electrons. The van der Waals surface area contributed by atoms with Crippen LogP contribution >= 0.6 is 0 Å². The first kappa shape index (κ1) is 16.6. The molecule has 1 unspecified atom stereocenters. The number of carbonyl (C=O) groups is 1. The molecule has 1 aromatic rings. The molecule has 11 heteroatoms. The molecule has 0 saturated heterocycles. The molecule has 0 aromatic carbocycles. The standard InChI is InChI=1S/C9H15N3O6S2/c1-12-8(3-5-10-12)20(17,18)11-7(9(13)14)4-6-19(2,15)16/h3,5,7,11H,4,6H2,1-2H3,(H,13,14). The van der Waals surface area contributed by atoms with Crippen LogP contribution in [0.2, 0.25) is 0 Å². The normalized spacial score (nSPS) is 14.1. The first-order valence-electron chi connectivity index (χ1n) is 5.44. The maximum Gasteiger partial charge on any atom is 0.321 e. The number of rotatable bonds is 7. The van der Waals surface area contributed by atoms with Gasteiger partial charge in [-0.15, -0.1) is 0 Å². The number of carboxylic acids is 1. The Morgan fingerprint density at radius 2 is 2.05 bits per heavy atom. The molecule has 20 heavy (non-hydrogen) atoms. The molecule has 1 aromatic heterocycles. The Hall–Kier alpha value is -1.46. The fourth-order valence-electron chi connectivity index (χ4n) is 1.44. The van der Waals surface area contributed by atoms with E-state index in [1.54, 1.807) is 0 Å². The zero-order chi connectivity index (χ0) is 15.6. The summed E-state index contributed by atoms with van der Waals surface area (Å²) in [6.45, 7) is 0. The van der Waals surface area contributed by atoms with Gasteiger partial charge in [0.25, 0.3) is 10.0 Å². The lowest BCUT2D eigenvalue weighted by atomic mass is 10.2. The predicted molar refractivity (Wildman–Crippen MR) is 69.3 cm³/mol. The number of aryl methyl sites for hydroxylation is 1. The summed E-state index contributed by atoms with van der Waals surface area (Å²) in [5.74, 6) is -1.88. The number of sulfonamides is 1. The first-order valence-corrected chi connectivity index (χ1v) is 8.98. The number of sulfone groups is 1. The molecule has 0 bridgehead atoms. The average Bonchev–Trinajstić information content (AvgIpc) is 2.69. The van der Waals surface area contributed by atoms with Crippen molar-refractivity contribution in [2.45, 2.75) is 17.5 Å². The Morgan fingerprint density at radius 3 is 2.45 bits per heavy atom. The maximum absolute atomic E-state index is 12.0. The molecule has 0 fully saturated rings. The van der Waals surface area contributed by atoms with Crippen molar-refractivity contribution >= 4 is 25.8 Å². The smallest absolute Gasteiger partial charge is 0.321 e. The van der Waals surface area contributed by atoms with Crippen LogP contribution in [-0.2, 0) is 31.7 Å². The fourth-order valence-corrected chi connectivity index (χ4v) is 3.45. The second-order valence-corrected chi connectivity index (χ2v) is 8.14. The third kappa shape index (κ3) is 4.58. The Balaban J connectivity index is 2.91. The van der Waals surface area contributed by atoms with Gasteiger partial charge in [-0.05, 0) is 12.5 Å². The number of aromatic nitrogens is 2. The van der Waals surface area contributed by atoms with E-state index in [1.807, 2.05) is 4.72 Å². The zero-order valence-corrected chi connectivity index (χ0v) is 12.5. The Kier molecular flexibility index (Phi) is 4.89. The van der Waals surface area contributed by atoms with Crippen LogP contribution in [0.5, 0.6) is 0 Å². The minimum Gasteiger partial charge on any atom is -0.480 e. The lowest BCUT2D eigenvalue weighted by Gasteiger charge is -2.14. The second-order valence-electron chi connectivity index (χ2n) is 4.22. The number of nitrogens with zero attached hydrogens (tertiary/aromatic N) is 2. The summed E-state index contributed by atoms with van der Waals surface area (Å²) < 4.78 is 49.0. The van der Waals surface area contributed by atoms with Gasteiger partial charge < -0.3 is 5.11 Å². The van der Waals surface area contributed by atoms with Gasteiger partial charge in [-0.3, -0.25) is 9.48 Å². The van der Waals surface area contributed by atoms with Crippen LogP contribution in [0.4, 0.5) is 0 Å². The molecular weight excluding hydrogens is 310 g/mol. The summed E-state index contributed by atoms with van der Waals surface area (Å²) in [6, 6.07) is -0.317. The van der Waals surface area contributed by atoms with Crippen LogP contribution < -0.4 is 4.72 Å².